The molecule has 106 valence electrons. The highest BCUT2D eigenvalue weighted by Gasteiger charge is 2.11. The van der Waals surface area contributed by atoms with E-state index in [0.717, 1.165) is 0 Å². The van der Waals surface area contributed by atoms with Crippen molar-refractivity contribution in [3.8, 4) is 23.7 Å². The van der Waals surface area contributed by atoms with Gasteiger partial charge in [-0.05, 0) is 13.8 Å². The average Bonchev–Trinajstić information content (AvgIpc) is 2.43. The molecule has 0 aromatic carbocycles. The van der Waals surface area contributed by atoms with Crippen LogP contribution < -0.4 is 0 Å². The summed E-state index contributed by atoms with van der Waals surface area (Å²) in [5.41, 5.74) is 0. The van der Waals surface area contributed by atoms with Gasteiger partial charge in [-0.1, -0.05) is 0 Å². The van der Waals surface area contributed by atoms with Gasteiger partial charge < -0.3 is 9.47 Å². The van der Waals surface area contributed by atoms with Gasteiger partial charge in [0.25, 0.3) is 0 Å². The average molecular weight is 286 g/mol. The molecule has 0 unspecified atom stereocenters. The van der Waals surface area contributed by atoms with E-state index in [1.54, 1.807) is 13.8 Å². The van der Waals surface area contributed by atoms with Gasteiger partial charge >= 0.3 is 0 Å². The van der Waals surface area contributed by atoms with Crippen molar-refractivity contribution in [2.45, 2.75) is 26.7 Å². The summed E-state index contributed by atoms with van der Waals surface area (Å²) in [6.07, 6.45) is 1.29. The van der Waals surface area contributed by atoms with Crippen molar-refractivity contribution in [1.82, 2.24) is 4.90 Å². The number of carbonyl (C=O) groups excluding carboxylic acids is 1. The van der Waals surface area contributed by atoms with Crippen LogP contribution in [-0.2, 0) is 14.3 Å². The highest BCUT2D eigenvalue weighted by atomic mass is 35.5. The molecule has 0 aromatic heterocycles. The van der Waals surface area contributed by atoms with Crippen molar-refractivity contribution in [3.63, 3.8) is 0 Å². The Labute approximate surface area is 120 Å². The van der Waals surface area contributed by atoms with Crippen molar-refractivity contribution in [1.29, 1.82) is 0 Å². The number of amides is 1. The number of hydrogen-bond acceptors (Lipinski definition) is 3. The lowest BCUT2D eigenvalue weighted by molar-refractivity contribution is -0.141. The molecule has 1 amide bonds. The Morgan fingerprint density at radius 2 is 1.53 bits per heavy atom. The molecule has 0 aliphatic rings. The van der Waals surface area contributed by atoms with E-state index in [1.165, 1.54) is 4.90 Å². The van der Waals surface area contributed by atoms with E-state index in [9.17, 15) is 4.79 Å². The van der Waals surface area contributed by atoms with Gasteiger partial charge in [-0.15, -0.1) is 35.3 Å². The van der Waals surface area contributed by atoms with Crippen LogP contribution in [0.2, 0.25) is 0 Å². The van der Waals surface area contributed by atoms with Gasteiger partial charge in [-0.25, -0.2) is 0 Å². The number of alkyl halides is 1. The molecule has 0 saturated heterocycles. The van der Waals surface area contributed by atoms with E-state index < -0.39 is 0 Å². The second kappa shape index (κ2) is 13.2. The summed E-state index contributed by atoms with van der Waals surface area (Å²) in [6.45, 7) is 4.84. The van der Waals surface area contributed by atoms with Crippen molar-refractivity contribution < 1.29 is 14.3 Å². The molecule has 4 nitrogen and oxygen atoms in total. The van der Waals surface area contributed by atoms with Crippen molar-refractivity contribution in [2.75, 3.05) is 32.6 Å². The summed E-state index contributed by atoms with van der Waals surface area (Å²) in [6, 6.07) is 0. The fourth-order valence-corrected chi connectivity index (χ4v) is 1.28. The minimum Gasteiger partial charge on any atom is -0.360 e. The maximum atomic E-state index is 11.5. The zero-order valence-electron chi connectivity index (χ0n) is 11.5. The maximum absolute atomic E-state index is 11.5. The molecule has 0 aliphatic carbocycles. The molecule has 0 rings (SSSR count). The van der Waals surface area contributed by atoms with Crippen LogP contribution in [0.4, 0.5) is 0 Å². The molecular formula is C14H20ClNO3. The molecule has 0 fully saturated rings. The van der Waals surface area contributed by atoms with Crippen LogP contribution in [0.1, 0.15) is 26.7 Å². The molecule has 0 atom stereocenters. The summed E-state index contributed by atoms with van der Waals surface area (Å²) in [5.74, 6) is 11.0. The molecule has 0 saturated carbocycles. The molecule has 0 aromatic rings. The lowest BCUT2D eigenvalue weighted by atomic mass is 10.4. The molecule has 0 aliphatic heterocycles. The number of nitrogens with zero attached hydrogens (tertiary/aromatic N) is 1. The molecule has 0 radical (unpaired) electrons. The van der Waals surface area contributed by atoms with Gasteiger partial charge in [0.1, 0.15) is 19.3 Å². The van der Waals surface area contributed by atoms with Gasteiger partial charge in [-0.2, -0.15) is 0 Å². The van der Waals surface area contributed by atoms with E-state index in [0.29, 0.717) is 26.1 Å². The molecule has 19 heavy (non-hydrogen) atoms. The number of hydrogen-bond donors (Lipinski definition) is 0. The molecular weight excluding hydrogens is 266 g/mol. The van der Waals surface area contributed by atoms with Crippen LogP contribution in [0.25, 0.3) is 0 Å². The van der Waals surface area contributed by atoms with Crippen LogP contribution in [0, 0.1) is 23.7 Å². The Hall–Kier alpha value is -1.20. The number of halogens is 1. The summed E-state index contributed by atoms with van der Waals surface area (Å²) < 4.78 is 10.7. The summed E-state index contributed by atoms with van der Waals surface area (Å²) >= 11 is 5.52. The number of carbonyl (C=O) groups is 1. The lowest BCUT2D eigenvalue weighted by Crippen LogP contribution is -2.36. The second-order valence-electron chi connectivity index (χ2n) is 3.50. The maximum Gasteiger partial charge on any atom is 0.241 e. The van der Waals surface area contributed by atoms with Crippen LogP contribution in [-0.4, -0.2) is 43.4 Å². The van der Waals surface area contributed by atoms with Gasteiger partial charge in [0, 0.05) is 12.8 Å². The fourth-order valence-electron chi connectivity index (χ4n) is 1.11. The van der Waals surface area contributed by atoms with Crippen molar-refractivity contribution >= 4 is 17.5 Å². The third kappa shape index (κ3) is 10.4. The largest absolute Gasteiger partial charge is 0.360 e. The van der Waals surface area contributed by atoms with E-state index in [2.05, 4.69) is 23.7 Å². The summed E-state index contributed by atoms with van der Waals surface area (Å²) in [7, 11) is 0. The normalized spacial score (nSPS) is 9.00. The monoisotopic (exact) mass is 285 g/mol. The first-order valence-corrected chi connectivity index (χ1v) is 6.58. The summed E-state index contributed by atoms with van der Waals surface area (Å²) in [4.78, 5) is 13.0. The number of ether oxygens (including phenoxy) is 2. The second-order valence-corrected chi connectivity index (χ2v) is 3.76. The molecule has 0 N–H and O–H groups in total. The predicted molar refractivity (Wildman–Crippen MR) is 75.3 cm³/mol. The zero-order chi connectivity index (χ0) is 14.3. The SMILES string of the molecule is CC#CCCOCN(COCCC#CC)C(=O)CCl. The van der Waals surface area contributed by atoms with Crippen LogP contribution in [0.3, 0.4) is 0 Å². The topological polar surface area (TPSA) is 38.8 Å². The Morgan fingerprint density at radius 3 is 1.89 bits per heavy atom. The fraction of sp³-hybridized carbons (Fsp3) is 0.643. The zero-order valence-corrected chi connectivity index (χ0v) is 12.3. The van der Waals surface area contributed by atoms with Crippen LogP contribution >= 0.6 is 11.6 Å². The first-order chi connectivity index (χ1) is 9.26. The van der Waals surface area contributed by atoms with Crippen molar-refractivity contribution in [3.05, 3.63) is 0 Å². The molecule has 0 spiro atoms. The molecule has 5 heteroatoms. The van der Waals surface area contributed by atoms with E-state index in [-0.39, 0.29) is 25.2 Å². The van der Waals surface area contributed by atoms with Crippen LogP contribution in [0.15, 0.2) is 0 Å². The smallest absolute Gasteiger partial charge is 0.241 e. The minimum absolute atomic E-state index is 0.0871. The molecule has 0 heterocycles. The molecule has 0 bridgehead atoms. The Balaban J connectivity index is 3.89. The highest BCUT2D eigenvalue weighted by Crippen LogP contribution is 1.96. The summed E-state index contributed by atoms with van der Waals surface area (Å²) in [5, 5.41) is 0. The lowest BCUT2D eigenvalue weighted by Gasteiger charge is -2.21. The Morgan fingerprint density at radius 1 is 1.05 bits per heavy atom. The predicted octanol–water partition coefficient (Wildman–Crippen LogP) is 1.83. The Kier molecular flexibility index (Phi) is 12.4. The first-order valence-electron chi connectivity index (χ1n) is 6.04. The highest BCUT2D eigenvalue weighted by molar-refractivity contribution is 6.27. The third-order valence-corrected chi connectivity index (χ3v) is 2.29. The van der Waals surface area contributed by atoms with E-state index >= 15 is 0 Å². The first kappa shape index (κ1) is 17.8. The minimum atomic E-state index is -0.218. The Bertz CT molecular complexity index is 334. The van der Waals surface area contributed by atoms with E-state index in [1.807, 2.05) is 0 Å². The van der Waals surface area contributed by atoms with Gasteiger partial charge in [0.2, 0.25) is 5.91 Å². The van der Waals surface area contributed by atoms with Crippen LogP contribution in [0.5, 0.6) is 0 Å². The standard InChI is InChI=1S/C14H20ClNO3/c1-3-5-7-9-18-12-16(14(17)11-15)13-19-10-8-6-4-2/h7-13H2,1-2H3. The number of rotatable bonds is 9. The van der Waals surface area contributed by atoms with Crippen molar-refractivity contribution in [2.24, 2.45) is 0 Å². The van der Waals surface area contributed by atoms with Gasteiger partial charge in [0.05, 0.1) is 13.2 Å². The quantitative estimate of drug-likeness (QED) is 0.281. The van der Waals surface area contributed by atoms with Gasteiger partial charge in [0.15, 0.2) is 0 Å². The third-order valence-electron chi connectivity index (χ3n) is 2.06. The van der Waals surface area contributed by atoms with Gasteiger partial charge in [-0.3, -0.25) is 9.69 Å². The van der Waals surface area contributed by atoms with E-state index in [4.69, 9.17) is 21.1 Å².